The first-order chi connectivity index (χ1) is 13.5. The van der Waals surface area contributed by atoms with Gasteiger partial charge in [-0.1, -0.05) is 36.4 Å². The summed E-state index contributed by atoms with van der Waals surface area (Å²) in [6, 6.07) is 18.0. The van der Waals surface area contributed by atoms with Gasteiger partial charge in [0.15, 0.2) is 0 Å². The van der Waals surface area contributed by atoms with Crippen LogP contribution in [0.15, 0.2) is 66.0 Å². The molecular formula is C22H18N2O3S. The summed E-state index contributed by atoms with van der Waals surface area (Å²) in [5.74, 6) is -0.868. The number of carbonyl (C=O) groups excluding carboxylic acids is 3. The maximum atomic E-state index is 12.8. The van der Waals surface area contributed by atoms with E-state index in [9.17, 15) is 14.4 Å². The van der Waals surface area contributed by atoms with Gasteiger partial charge in [-0.25, -0.2) is 0 Å². The van der Waals surface area contributed by atoms with Crippen molar-refractivity contribution in [3.8, 4) is 0 Å². The van der Waals surface area contributed by atoms with Gasteiger partial charge in [0.25, 0.3) is 17.7 Å². The lowest BCUT2D eigenvalue weighted by Gasteiger charge is -2.16. The molecular weight excluding hydrogens is 372 g/mol. The van der Waals surface area contributed by atoms with E-state index in [1.165, 1.54) is 11.0 Å². The van der Waals surface area contributed by atoms with Crippen molar-refractivity contribution in [2.75, 3.05) is 7.05 Å². The minimum Gasteiger partial charge on any atom is -0.337 e. The van der Waals surface area contributed by atoms with Gasteiger partial charge in [0.05, 0.1) is 24.2 Å². The maximum Gasteiger partial charge on any atom is 0.261 e. The molecule has 3 amide bonds. The van der Waals surface area contributed by atoms with Gasteiger partial charge in [-0.3, -0.25) is 19.3 Å². The van der Waals surface area contributed by atoms with Gasteiger partial charge in [-0.05, 0) is 35.2 Å². The van der Waals surface area contributed by atoms with E-state index >= 15 is 0 Å². The van der Waals surface area contributed by atoms with Gasteiger partial charge in [-0.15, -0.1) is 11.3 Å². The molecule has 140 valence electrons. The fourth-order valence-electron chi connectivity index (χ4n) is 3.26. The first kappa shape index (κ1) is 18.1. The Morgan fingerprint density at radius 1 is 0.964 bits per heavy atom. The van der Waals surface area contributed by atoms with E-state index in [-0.39, 0.29) is 29.8 Å². The average molecular weight is 390 g/mol. The van der Waals surface area contributed by atoms with Crippen LogP contribution in [0.3, 0.4) is 0 Å². The molecule has 1 aromatic heterocycles. The van der Waals surface area contributed by atoms with E-state index in [1.54, 1.807) is 35.4 Å². The lowest BCUT2D eigenvalue weighted by molar-refractivity contribution is 0.0642. The molecule has 0 radical (unpaired) electrons. The number of nitrogens with zero attached hydrogens (tertiary/aromatic N) is 2. The molecule has 1 aliphatic heterocycles. The molecule has 4 rings (SSSR count). The molecule has 0 spiro atoms. The zero-order valence-corrected chi connectivity index (χ0v) is 16.1. The van der Waals surface area contributed by atoms with Crippen molar-refractivity contribution in [3.05, 3.63) is 93.2 Å². The van der Waals surface area contributed by atoms with Crippen molar-refractivity contribution in [2.24, 2.45) is 0 Å². The number of hydrogen-bond donors (Lipinski definition) is 0. The number of imide groups is 1. The molecule has 5 nitrogen and oxygen atoms in total. The fraction of sp³-hybridized carbons (Fsp3) is 0.136. The number of benzene rings is 2. The monoisotopic (exact) mass is 390 g/mol. The summed E-state index contributed by atoms with van der Waals surface area (Å²) in [7, 11) is 1.73. The quantitative estimate of drug-likeness (QED) is 0.623. The summed E-state index contributed by atoms with van der Waals surface area (Å²) in [5.41, 5.74) is 1.92. The molecule has 0 unspecified atom stereocenters. The smallest absolute Gasteiger partial charge is 0.261 e. The number of amides is 3. The van der Waals surface area contributed by atoms with Crippen molar-refractivity contribution in [2.45, 2.75) is 13.1 Å². The van der Waals surface area contributed by atoms with Crippen LogP contribution in [0, 0.1) is 0 Å². The number of fused-ring (bicyclic) bond motifs is 1. The predicted molar refractivity (Wildman–Crippen MR) is 107 cm³/mol. The third-order valence-electron chi connectivity index (χ3n) is 4.72. The van der Waals surface area contributed by atoms with E-state index in [1.807, 2.05) is 47.8 Å². The van der Waals surface area contributed by atoms with Gasteiger partial charge in [0.2, 0.25) is 0 Å². The van der Waals surface area contributed by atoms with Crippen molar-refractivity contribution in [3.63, 3.8) is 0 Å². The molecule has 0 atom stereocenters. The Morgan fingerprint density at radius 2 is 1.71 bits per heavy atom. The van der Waals surface area contributed by atoms with Crippen molar-refractivity contribution in [1.29, 1.82) is 0 Å². The molecule has 0 saturated heterocycles. The highest BCUT2D eigenvalue weighted by atomic mass is 32.1. The minimum absolute atomic E-state index is 0.182. The average Bonchev–Trinajstić information content (AvgIpc) is 3.31. The maximum absolute atomic E-state index is 12.8. The first-order valence-corrected chi connectivity index (χ1v) is 9.74. The van der Waals surface area contributed by atoms with Gasteiger partial charge in [0, 0.05) is 17.5 Å². The first-order valence-electron chi connectivity index (χ1n) is 8.86. The summed E-state index contributed by atoms with van der Waals surface area (Å²) < 4.78 is 0. The molecule has 28 heavy (non-hydrogen) atoms. The second-order valence-electron chi connectivity index (χ2n) is 6.68. The van der Waals surface area contributed by atoms with Crippen LogP contribution in [0.1, 0.15) is 41.5 Å². The Balaban J connectivity index is 1.55. The van der Waals surface area contributed by atoms with Crippen LogP contribution >= 0.6 is 11.3 Å². The second kappa shape index (κ2) is 7.40. The molecule has 6 heteroatoms. The molecule has 0 saturated carbocycles. The molecule has 2 heterocycles. The number of carbonyl (C=O) groups is 3. The lowest BCUT2D eigenvalue weighted by atomic mass is 10.0. The lowest BCUT2D eigenvalue weighted by Crippen LogP contribution is -2.29. The molecule has 0 aliphatic carbocycles. The van der Waals surface area contributed by atoms with E-state index in [4.69, 9.17) is 0 Å². The summed E-state index contributed by atoms with van der Waals surface area (Å²) in [5, 5.41) is 1.97. The second-order valence-corrected chi connectivity index (χ2v) is 7.72. The van der Waals surface area contributed by atoms with Crippen molar-refractivity contribution >= 4 is 29.1 Å². The molecule has 0 N–H and O–H groups in total. The highest BCUT2D eigenvalue weighted by Gasteiger charge is 2.36. The van der Waals surface area contributed by atoms with Crippen LogP contribution in [0.4, 0.5) is 0 Å². The van der Waals surface area contributed by atoms with E-state index < -0.39 is 0 Å². The summed E-state index contributed by atoms with van der Waals surface area (Å²) in [6.07, 6.45) is 0. The van der Waals surface area contributed by atoms with Crippen LogP contribution < -0.4 is 0 Å². The van der Waals surface area contributed by atoms with Gasteiger partial charge < -0.3 is 4.90 Å². The minimum atomic E-state index is -0.362. The molecule has 0 bridgehead atoms. The third kappa shape index (κ3) is 3.34. The Kier molecular flexibility index (Phi) is 4.79. The van der Waals surface area contributed by atoms with Gasteiger partial charge >= 0.3 is 0 Å². The van der Waals surface area contributed by atoms with Crippen molar-refractivity contribution in [1.82, 2.24) is 9.80 Å². The molecule has 3 aromatic rings. The summed E-state index contributed by atoms with van der Waals surface area (Å²) >= 11 is 1.59. The predicted octanol–water partition coefficient (Wildman–Crippen LogP) is 3.82. The largest absolute Gasteiger partial charge is 0.337 e. The van der Waals surface area contributed by atoms with Gasteiger partial charge in [-0.2, -0.15) is 0 Å². The van der Waals surface area contributed by atoms with Crippen LogP contribution in [-0.4, -0.2) is 34.6 Å². The number of hydrogen-bond acceptors (Lipinski definition) is 4. The van der Waals surface area contributed by atoms with Crippen LogP contribution in [-0.2, 0) is 13.1 Å². The zero-order valence-electron chi connectivity index (χ0n) is 15.3. The molecule has 2 aromatic carbocycles. The van der Waals surface area contributed by atoms with Crippen LogP contribution in [0.5, 0.6) is 0 Å². The Morgan fingerprint density at radius 3 is 2.43 bits per heavy atom. The number of thiophene rings is 1. The zero-order chi connectivity index (χ0) is 19.7. The van der Waals surface area contributed by atoms with E-state index in [0.717, 1.165) is 10.4 Å². The number of rotatable bonds is 5. The standard InChI is InChI=1S/C22H18N2O3S/c1-23(14-17-8-5-11-28-17)20(25)16-9-10-18-19(12-16)22(27)24(21(18)26)13-15-6-3-2-4-7-15/h2-12H,13-14H2,1H3. The van der Waals surface area contributed by atoms with Crippen molar-refractivity contribution < 1.29 is 14.4 Å². The topological polar surface area (TPSA) is 57.7 Å². The van der Waals surface area contributed by atoms with E-state index in [2.05, 4.69) is 0 Å². The molecule has 0 fully saturated rings. The van der Waals surface area contributed by atoms with Crippen LogP contribution in [0.2, 0.25) is 0 Å². The van der Waals surface area contributed by atoms with Crippen LogP contribution in [0.25, 0.3) is 0 Å². The Labute approximate surface area is 166 Å². The summed E-state index contributed by atoms with van der Waals surface area (Å²) in [6.45, 7) is 0.718. The fourth-order valence-corrected chi connectivity index (χ4v) is 4.02. The normalized spacial score (nSPS) is 13.0. The third-order valence-corrected chi connectivity index (χ3v) is 5.58. The SMILES string of the molecule is CN(Cc1cccs1)C(=O)c1ccc2c(c1)C(=O)N(Cc1ccccc1)C2=O. The van der Waals surface area contributed by atoms with E-state index in [0.29, 0.717) is 17.7 Å². The Bertz CT molecular complexity index is 1040. The Hall–Kier alpha value is -3.25. The highest BCUT2D eigenvalue weighted by Crippen LogP contribution is 2.26. The van der Waals surface area contributed by atoms with Gasteiger partial charge in [0.1, 0.15) is 0 Å². The highest BCUT2D eigenvalue weighted by molar-refractivity contribution is 7.09. The summed E-state index contributed by atoms with van der Waals surface area (Å²) in [4.78, 5) is 42.1. The molecule has 1 aliphatic rings.